The van der Waals surface area contributed by atoms with Crippen molar-refractivity contribution in [2.45, 2.75) is 51.7 Å². The van der Waals surface area contributed by atoms with Crippen LogP contribution in [0.4, 0.5) is 0 Å². The number of ether oxygens (including phenoxy) is 1. The number of benzene rings is 4. The van der Waals surface area contributed by atoms with Crippen LogP contribution in [0.2, 0.25) is 5.02 Å². The van der Waals surface area contributed by atoms with Gasteiger partial charge in [0.25, 0.3) is 0 Å². The van der Waals surface area contributed by atoms with Gasteiger partial charge in [-0.1, -0.05) is 55.1 Å². The van der Waals surface area contributed by atoms with Crippen molar-refractivity contribution in [3.8, 4) is 28.3 Å². The van der Waals surface area contributed by atoms with Crippen molar-refractivity contribution < 1.29 is 19.4 Å². The predicted molar refractivity (Wildman–Crippen MR) is 165 cm³/mol. The van der Waals surface area contributed by atoms with E-state index in [1.54, 1.807) is 19.1 Å². The summed E-state index contributed by atoms with van der Waals surface area (Å²) in [5.41, 5.74) is 6.34. The van der Waals surface area contributed by atoms with Gasteiger partial charge in [0.1, 0.15) is 18.2 Å². The summed E-state index contributed by atoms with van der Waals surface area (Å²) in [4.78, 5) is 28.6. The fraction of sp³-hybridized carbons (Fsp3) is 0.229. The minimum atomic E-state index is -0.956. The van der Waals surface area contributed by atoms with Gasteiger partial charge in [-0.2, -0.15) is 0 Å². The quantitative estimate of drug-likeness (QED) is 0.186. The molecule has 0 amide bonds. The SMILES string of the molecule is CC(=O)c1ccc(COc2ccc(-c3nc4cc(C(=O)O)ccc4n3C3CCCCC3)cc2)c(-c2ccc(Cl)cc2)c1. The maximum absolute atomic E-state index is 12.1. The highest BCUT2D eigenvalue weighted by molar-refractivity contribution is 6.30. The molecule has 1 aliphatic carbocycles. The van der Waals surface area contributed by atoms with E-state index < -0.39 is 5.97 Å². The van der Waals surface area contributed by atoms with Gasteiger partial charge in [0, 0.05) is 22.2 Å². The molecule has 0 spiro atoms. The van der Waals surface area contributed by atoms with Gasteiger partial charge in [-0.05, 0) is 97.1 Å². The van der Waals surface area contributed by atoms with Crippen molar-refractivity contribution in [2.24, 2.45) is 0 Å². The van der Waals surface area contributed by atoms with E-state index in [-0.39, 0.29) is 11.3 Å². The Morgan fingerprint density at radius 1 is 0.881 bits per heavy atom. The molecule has 1 saturated carbocycles. The Kier molecular flexibility index (Phi) is 7.81. The van der Waals surface area contributed by atoms with E-state index in [4.69, 9.17) is 21.3 Å². The van der Waals surface area contributed by atoms with Crippen LogP contribution in [-0.2, 0) is 6.61 Å². The lowest BCUT2D eigenvalue weighted by Crippen LogP contribution is -2.14. The molecular weight excluding hydrogens is 548 g/mol. The van der Waals surface area contributed by atoms with Gasteiger partial charge in [0.15, 0.2) is 5.78 Å². The van der Waals surface area contributed by atoms with Crippen molar-refractivity contribution in [1.29, 1.82) is 0 Å². The fourth-order valence-corrected chi connectivity index (χ4v) is 5.95. The fourth-order valence-electron chi connectivity index (χ4n) is 5.83. The van der Waals surface area contributed by atoms with Crippen molar-refractivity contribution in [1.82, 2.24) is 9.55 Å². The molecule has 5 aromatic rings. The summed E-state index contributed by atoms with van der Waals surface area (Å²) >= 11 is 6.11. The molecule has 6 nitrogen and oxygen atoms in total. The highest BCUT2D eigenvalue weighted by Gasteiger charge is 2.23. The van der Waals surface area contributed by atoms with Crippen LogP contribution in [0, 0.1) is 0 Å². The maximum Gasteiger partial charge on any atom is 0.335 e. The van der Waals surface area contributed by atoms with Crippen molar-refractivity contribution in [3.63, 3.8) is 0 Å². The van der Waals surface area contributed by atoms with Crippen LogP contribution >= 0.6 is 11.6 Å². The van der Waals surface area contributed by atoms with Crippen LogP contribution in [0.25, 0.3) is 33.5 Å². The molecule has 0 saturated heterocycles. The number of halogens is 1. The number of carboxylic acids is 1. The molecule has 1 aliphatic rings. The minimum absolute atomic E-state index is 0.00621. The molecule has 4 aromatic carbocycles. The predicted octanol–water partition coefficient (Wildman–Crippen LogP) is 9.01. The second-order valence-corrected chi connectivity index (χ2v) is 11.3. The number of rotatable bonds is 8. The number of aromatic nitrogens is 2. The third kappa shape index (κ3) is 5.68. The first-order valence-electron chi connectivity index (χ1n) is 14.3. The number of Topliss-reactive ketones (excluding diaryl/α,β-unsaturated/α-hetero) is 1. The van der Waals surface area contributed by atoms with Crippen LogP contribution in [-0.4, -0.2) is 26.4 Å². The van der Waals surface area contributed by atoms with Gasteiger partial charge >= 0.3 is 5.97 Å². The Hall–Kier alpha value is -4.42. The Labute approximate surface area is 249 Å². The summed E-state index contributed by atoms with van der Waals surface area (Å²) in [5.74, 6) is 0.606. The molecule has 0 radical (unpaired) electrons. The molecule has 1 heterocycles. The van der Waals surface area contributed by atoms with E-state index in [9.17, 15) is 14.7 Å². The lowest BCUT2D eigenvalue weighted by Gasteiger charge is -2.25. The summed E-state index contributed by atoms with van der Waals surface area (Å²) in [6, 6.07) is 26.7. The van der Waals surface area contributed by atoms with Gasteiger partial charge in [0.05, 0.1) is 16.6 Å². The first kappa shape index (κ1) is 27.7. The van der Waals surface area contributed by atoms with Crippen molar-refractivity contribution in [2.75, 3.05) is 0 Å². The van der Waals surface area contributed by atoms with Crippen molar-refractivity contribution in [3.05, 3.63) is 107 Å². The second kappa shape index (κ2) is 11.8. The molecule has 1 aromatic heterocycles. The molecular formula is C35H31ClN2O4. The zero-order valence-electron chi connectivity index (χ0n) is 23.3. The van der Waals surface area contributed by atoms with E-state index in [1.807, 2.05) is 72.8 Å². The van der Waals surface area contributed by atoms with E-state index in [0.717, 1.165) is 46.4 Å². The van der Waals surface area contributed by atoms with Crippen molar-refractivity contribution >= 4 is 34.4 Å². The summed E-state index contributed by atoms with van der Waals surface area (Å²) in [6.45, 7) is 1.89. The molecule has 0 bridgehead atoms. The Bertz CT molecular complexity index is 1770. The number of nitrogens with zero attached hydrogens (tertiary/aromatic N) is 2. The number of carbonyl (C=O) groups is 2. The number of ketones is 1. The summed E-state index contributed by atoms with van der Waals surface area (Å²) in [7, 11) is 0. The van der Waals surface area contributed by atoms with Crippen LogP contribution in [0.1, 0.15) is 71.3 Å². The summed E-state index contributed by atoms with van der Waals surface area (Å²) in [5, 5.41) is 10.2. The standard InChI is InChI=1S/C35H31ClN2O4/c1-22(39)25-7-8-27(31(19-25)23-9-14-28(36)15-10-23)21-42-30-16-11-24(12-17-30)34-37-32-20-26(35(40)41)13-18-33(32)38(34)29-5-3-2-4-6-29/h7-20,29H,2-6,21H2,1H3,(H,40,41). The number of hydrogen-bond donors (Lipinski definition) is 1. The van der Waals surface area contributed by atoms with Gasteiger partial charge < -0.3 is 14.4 Å². The van der Waals surface area contributed by atoms with E-state index in [2.05, 4.69) is 4.57 Å². The average molecular weight is 579 g/mol. The van der Waals surface area contributed by atoms with Crippen LogP contribution in [0.5, 0.6) is 5.75 Å². The van der Waals surface area contributed by atoms with Gasteiger partial charge in [-0.25, -0.2) is 9.78 Å². The second-order valence-electron chi connectivity index (χ2n) is 10.9. The molecule has 42 heavy (non-hydrogen) atoms. The number of aromatic carboxylic acids is 1. The maximum atomic E-state index is 12.1. The third-order valence-electron chi connectivity index (χ3n) is 8.05. The molecule has 212 valence electrons. The third-order valence-corrected chi connectivity index (χ3v) is 8.31. The number of fused-ring (bicyclic) bond motifs is 1. The number of imidazole rings is 1. The Balaban J connectivity index is 1.29. The molecule has 7 heteroatoms. The Morgan fingerprint density at radius 3 is 2.26 bits per heavy atom. The molecule has 0 aliphatic heterocycles. The number of carboxylic acid groups (broad SMARTS) is 1. The summed E-state index contributed by atoms with van der Waals surface area (Å²) < 4.78 is 8.51. The molecule has 6 rings (SSSR count). The number of hydrogen-bond acceptors (Lipinski definition) is 4. The van der Waals surface area contributed by atoms with Gasteiger partial charge in [-0.3, -0.25) is 4.79 Å². The zero-order chi connectivity index (χ0) is 29.2. The van der Waals surface area contributed by atoms with E-state index >= 15 is 0 Å². The van der Waals surface area contributed by atoms with E-state index in [0.29, 0.717) is 34.5 Å². The van der Waals surface area contributed by atoms with Crippen LogP contribution in [0.3, 0.4) is 0 Å². The normalized spacial score (nSPS) is 13.8. The largest absolute Gasteiger partial charge is 0.489 e. The first-order chi connectivity index (χ1) is 20.4. The number of carbonyl (C=O) groups excluding carboxylic acids is 1. The molecule has 1 fully saturated rings. The summed E-state index contributed by atoms with van der Waals surface area (Å²) in [6.07, 6.45) is 5.76. The van der Waals surface area contributed by atoms with Gasteiger partial charge in [-0.15, -0.1) is 0 Å². The highest BCUT2D eigenvalue weighted by atomic mass is 35.5. The van der Waals surface area contributed by atoms with E-state index in [1.165, 1.54) is 19.3 Å². The monoisotopic (exact) mass is 578 g/mol. The smallest absolute Gasteiger partial charge is 0.335 e. The minimum Gasteiger partial charge on any atom is -0.489 e. The van der Waals surface area contributed by atoms with Crippen LogP contribution in [0.15, 0.2) is 84.9 Å². The molecule has 0 unspecified atom stereocenters. The van der Waals surface area contributed by atoms with Crippen LogP contribution < -0.4 is 4.74 Å². The zero-order valence-corrected chi connectivity index (χ0v) is 24.1. The lowest BCUT2D eigenvalue weighted by molar-refractivity contribution is 0.0696. The highest BCUT2D eigenvalue weighted by Crippen LogP contribution is 2.37. The average Bonchev–Trinajstić information content (AvgIpc) is 3.40. The Morgan fingerprint density at radius 2 is 1.57 bits per heavy atom. The lowest BCUT2D eigenvalue weighted by atomic mass is 9.95. The first-order valence-corrected chi connectivity index (χ1v) is 14.6. The van der Waals surface area contributed by atoms with Gasteiger partial charge in [0.2, 0.25) is 0 Å². The molecule has 1 N–H and O–H groups in total. The molecule has 0 atom stereocenters. The topological polar surface area (TPSA) is 81.4 Å².